The van der Waals surface area contributed by atoms with Gasteiger partial charge in [-0.25, -0.2) is 4.79 Å². The topological polar surface area (TPSA) is 108 Å². The van der Waals surface area contributed by atoms with Gasteiger partial charge in [0.05, 0.1) is 11.5 Å². The SMILES string of the molecule is CCOC(=O)c1c(-c2ccc(C)cc2C)csc1NC(=O)COc1ccccc1[N+](=O)[O-]. The first-order valence-electron chi connectivity index (χ1n) is 9.84. The molecule has 0 aliphatic heterocycles. The number of carbonyl (C=O) groups is 2. The summed E-state index contributed by atoms with van der Waals surface area (Å²) < 4.78 is 10.6. The number of nitro groups is 1. The monoisotopic (exact) mass is 454 g/mol. The van der Waals surface area contributed by atoms with Gasteiger partial charge in [-0.2, -0.15) is 0 Å². The number of para-hydroxylation sites is 2. The van der Waals surface area contributed by atoms with E-state index >= 15 is 0 Å². The molecule has 3 aromatic rings. The van der Waals surface area contributed by atoms with Crippen molar-refractivity contribution in [2.24, 2.45) is 0 Å². The molecule has 32 heavy (non-hydrogen) atoms. The van der Waals surface area contributed by atoms with Gasteiger partial charge >= 0.3 is 11.7 Å². The number of aryl methyl sites for hydroxylation is 2. The lowest BCUT2D eigenvalue weighted by Crippen LogP contribution is -2.21. The number of nitro benzene ring substituents is 1. The second kappa shape index (κ2) is 10.1. The minimum absolute atomic E-state index is 0.0135. The van der Waals surface area contributed by atoms with Gasteiger partial charge in [0.25, 0.3) is 5.91 Å². The quantitative estimate of drug-likeness (QED) is 0.287. The maximum absolute atomic E-state index is 12.7. The lowest BCUT2D eigenvalue weighted by molar-refractivity contribution is -0.385. The van der Waals surface area contributed by atoms with E-state index in [-0.39, 0.29) is 23.6 Å². The normalized spacial score (nSPS) is 10.5. The molecule has 3 rings (SSSR count). The minimum atomic E-state index is -0.582. The molecule has 1 aromatic heterocycles. The maximum Gasteiger partial charge on any atom is 0.341 e. The second-order valence-electron chi connectivity index (χ2n) is 6.95. The molecule has 0 bridgehead atoms. The number of nitrogens with one attached hydrogen (secondary N) is 1. The molecule has 1 amide bonds. The molecule has 0 aliphatic carbocycles. The van der Waals surface area contributed by atoms with Crippen LogP contribution in [-0.2, 0) is 9.53 Å². The zero-order valence-corrected chi connectivity index (χ0v) is 18.7. The van der Waals surface area contributed by atoms with Crippen LogP contribution in [0.4, 0.5) is 10.7 Å². The first kappa shape index (κ1) is 23.0. The van der Waals surface area contributed by atoms with E-state index in [2.05, 4.69) is 5.32 Å². The Hall–Kier alpha value is -3.72. The van der Waals surface area contributed by atoms with Crippen molar-refractivity contribution in [2.45, 2.75) is 20.8 Å². The number of hydrogen-bond donors (Lipinski definition) is 1. The average molecular weight is 455 g/mol. The number of hydrogen-bond acceptors (Lipinski definition) is 7. The maximum atomic E-state index is 12.7. The summed E-state index contributed by atoms with van der Waals surface area (Å²) >= 11 is 1.20. The summed E-state index contributed by atoms with van der Waals surface area (Å²) in [5.41, 5.74) is 3.65. The predicted molar refractivity (Wildman–Crippen MR) is 122 cm³/mol. The van der Waals surface area contributed by atoms with Crippen LogP contribution >= 0.6 is 11.3 Å². The van der Waals surface area contributed by atoms with Gasteiger partial charge in [0.15, 0.2) is 12.4 Å². The Kier molecular flexibility index (Phi) is 7.21. The van der Waals surface area contributed by atoms with Gasteiger partial charge in [-0.1, -0.05) is 35.9 Å². The van der Waals surface area contributed by atoms with Crippen molar-refractivity contribution in [2.75, 3.05) is 18.5 Å². The third kappa shape index (κ3) is 5.12. The van der Waals surface area contributed by atoms with Crippen LogP contribution in [-0.4, -0.2) is 30.0 Å². The minimum Gasteiger partial charge on any atom is -0.477 e. The number of ether oxygens (including phenoxy) is 2. The molecular formula is C23H22N2O6S. The fourth-order valence-corrected chi connectivity index (χ4v) is 4.17. The number of thiophene rings is 1. The van der Waals surface area contributed by atoms with Crippen molar-refractivity contribution in [1.82, 2.24) is 0 Å². The standard InChI is InChI=1S/C23H22N2O6S/c1-4-30-23(27)21-17(16-10-9-14(2)11-15(16)3)13-32-22(21)24-20(26)12-31-19-8-6-5-7-18(19)25(28)29/h5-11,13H,4,12H2,1-3H3,(H,24,26). The van der Waals surface area contributed by atoms with E-state index < -0.39 is 23.4 Å². The van der Waals surface area contributed by atoms with Crippen LogP contribution in [0.5, 0.6) is 5.75 Å². The number of esters is 1. The molecule has 0 unspecified atom stereocenters. The Balaban J connectivity index is 1.85. The number of amides is 1. The summed E-state index contributed by atoms with van der Waals surface area (Å²) in [4.78, 5) is 35.7. The number of anilines is 1. The zero-order valence-electron chi connectivity index (χ0n) is 17.8. The Bertz CT molecular complexity index is 1170. The molecule has 8 nitrogen and oxygen atoms in total. The number of benzene rings is 2. The molecule has 0 spiro atoms. The molecular weight excluding hydrogens is 432 g/mol. The van der Waals surface area contributed by atoms with E-state index in [0.29, 0.717) is 10.6 Å². The molecule has 9 heteroatoms. The van der Waals surface area contributed by atoms with Gasteiger partial charge in [-0.05, 0) is 38.0 Å². The summed E-state index contributed by atoms with van der Waals surface area (Å²) in [6.07, 6.45) is 0. The number of nitrogens with zero attached hydrogens (tertiary/aromatic N) is 1. The molecule has 0 radical (unpaired) electrons. The van der Waals surface area contributed by atoms with E-state index in [9.17, 15) is 19.7 Å². The van der Waals surface area contributed by atoms with E-state index in [1.807, 2.05) is 32.0 Å². The third-order valence-corrected chi connectivity index (χ3v) is 5.51. The van der Waals surface area contributed by atoms with E-state index in [1.165, 1.54) is 29.5 Å². The Labute approximate surface area is 188 Å². The van der Waals surface area contributed by atoms with Crippen LogP contribution in [0.1, 0.15) is 28.4 Å². The Morgan fingerprint density at radius 3 is 2.56 bits per heavy atom. The first-order chi connectivity index (χ1) is 15.3. The second-order valence-corrected chi connectivity index (χ2v) is 7.83. The average Bonchev–Trinajstić information content (AvgIpc) is 3.15. The van der Waals surface area contributed by atoms with Crippen molar-refractivity contribution in [3.8, 4) is 16.9 Å². The van der Waals surface area contributed by atoms with Crippen molar-refractivity contribution in [3.63, 3.8) is 0 Å². The van der Waals surface area contributed by atoms with Gasteiger partial charge < -0.3 is 14.8 Å². The van der Waals surface area contributed by atoms with E-state index in [0.717, 1.165) is 16.7 Å². The largest absolute Gasteiger partial charge is 0.477 e. The van der Waals surface area contributed by atoms with Crippen LogP contribution in [0.2, 0.25) is 0 Å². The third-order valence-electron chi connectivity index (χ3n) is 4.62. The molecule has 0 aliphatic rings. The van der Waals surface area contributed by atoms with Gasteiger partial charge in [0.1, 0.15) is 10.6 Å². The molecule has 0 saturated carbocycles. The van der Waals surface area contributed by atoms with Crippen LogP contribution in [0, 0.1) is 24.0 Å². The van der Waals surface area contributed by atoms with Gasteiger partial charge in [0, 0.05) is 17.0 Å². The molecule has 1 N–H and O–H groups in total. The summed E-state index contributed by atoms with van der Waals surface area (Å²) in [6.45, 7) is 5.38. The van der Waals surface area contributed by atoms with Crippen LogP contribution in [0.25, 0.3) is 11.1 Å². The molecule has 0 saturated heterocycles. The summed E-state index contributed by atoms with van der Waals surface area (Å²) in [5, 5.41) is 15.9. The predicted octanol–water partition coefficient (Wildman–Crippen LogP) is 5.13. The summed E-state index contributed by atoms with van der Waals surface area (Å²) in [6, 6.07) is 11.7. The van der Waals surface area contributed by atoms with Gasteiger partial charge in [-0.3, -0.25) is 14.9 Å². The first-order valence-corrected chi connectivity index (χ1v) is 10.7. The highest BCUT2D eigenvalue weighted by atomic mass is 32.1. The van der Waals surface area contributed by atoms with Crippen LogP contribution in [0.15, 0.2) is 47.8 Å². The molecule has 1 heterocycles. The van der Waals surface area contributed by atoms with E-state index in [1.54, 1.807) is 18.4 Å². The fraction of sp³-hybridized carbons (Fsp3) is 0.217. The van der Waals surface area contributed by atoms with Crippen molar-refractivity contribution >= 4 is 33.9 Å². The van der Waals surface area contributed by atoms with Crippen LogP contribution in [0.3, 0.4) is 0 Å². The number of carbonyl (C=O) groups excluding carboxylic acids is 2. The lowest BCUT2D eigenvalue weighted by Gasteiger charge is -2.11. The van der Waals surface area contributed by atoms with Gasteiger partial charge in [0.2, 0.25) is 0 Å². The smallest absolute Gasteiger partial charge is 0.341 e. The lowest BCUT2D eigenvalue weighted by atomic mass is 9.97. The van der Waals surface area contributed by atoms with Crippen LogP contribution < -0.4 is 10.1 Å². The van der Waals surface area contributed by atoms with E-state index in [4.69, 9.17) is 9.47 Å². The zero-order chi connectivity index (χ0) is 23.3. The van der Waals surface area contributed by atoms with Gasteiger partial charge in [-0.15, -0.1) is 11.3 Å². The summed E-state index contributed by atoms with van der Waals surface area (Å²) in [5.74, 6) is -1.11. The molecule has 2 aromatic carbocycles. The van der Waals surface area contributed by atoms with Crippen molar-refractivity contribution in [1.29, 1.82) is 0 Å². The Morgan fingerprint density at radius 1 is 1.12 bits per heavy atom. The molecule has 0 atom stereocenters. The molecule has 0 fully saturated rings. The highest BCUT2D eigenvalue weighted by Gasteiger charge is 2.24. The number of rotatable bonds is 8. The van der Waals surface area contributed by atoms with Crippen molar-refractivity contribution < 1.29 is 24.0 Å². The fourth-order valence-electron chi connectivity index (χ4n) is 3.21. The highest BCUT2D eigenvalue weighted by molar-refractivity contribution is 7.15. The molecule has 166 valence electrons. The Morgan fingerprint density at radius 2 is 1.88 bits per heavy atom. The highest BCUT2D eigenvalue weighted by Crippen LogP contribution is 2.38. The summed E-state index contributed by atoms with van der Waals surface area (Å²) in [7, 11) is 0. The van der Waals surface area contributed by atoms with Crippen molar-refractivity contribution in [3.05, 3.63) is 74.6 Å².